The Hall–Kier alpha value is -2.73. The first-order valence-corrected chi connectivity index (χ1v) is 19.9. The number of aromatic nitrogens is 2. The number of benzene rings is 1. The fraction of sp³-hybridized carbons (Fsp3) is 0.705. The standard InChI is InChI=1S/C44H61N3O3/c1-28-16-19-44(39(48)50-27-31-12-10-9-11-13-31)21-20-42(7)33(36(44)29(28)2)14-15-35-41(6)26-32-37(40(4,5)34(41)17-18-43(35,42)8)45-30(3)46-38(32)47-22-24-49-25-23-47/h9-14,28-29,34-36H,15-27H2,1-8H3/t28-,29+,34+,35-,36+,41+,42-,43-,44+/m1/s1. The van der Waals surface area contributed by atoms with Crippen LogP contribution in [0.25, 0.3) is 0 Å². The second-order valence-corrected chi connectivity index (χ2v) is 18.8. The molecule has 0 spiro atoms. The van der Waals surface area contributed by atoms with Gasteiger partial charge in [-0.2, -0.15) is 0 Å². The number of fused-ring (bicyclic) bond motifs is 8. The zero-order valence-electron chi connectivity index (χ0n) is 32.1. The molecule has 0 N–H and O–H groups in total. The summed E-state index contributed by atoms with van der Waals surface area (Å²) in [7, 11) is 0. The van der Waals surface area contributed by atoms with Crippen molar-refractivity contribution in [3.05, 3.63) is 64.6 Å². The minimum atomic E-state index is -0.426. The number of morpholine rings is 1. The Balaban J connectivity index is 1.18. The highest BCUT2D eigenvalue weighted by Gasteiger charge is 2.70. The molecule has 3 saturated carbocycles. The van der Waals surface area contributed by atoms with Gasteiger partial charge in [-0.1, -0.05) is 90.4 Å². The summed E-state index contributed by atoms with van der Waals surface area (Å²) in [5, 5.41) is 0. The highest BCUT2D eigenvalue weighted by molar-refractivity contribution is 5.79. The van der Waals surface area contributed by atoms with Gasteiger partial charge in [0.25, 0.3) is 0 Å². The van der Waals surface area contributed by atoms with E-state index in [0.29, 0.717) is 30.3 Å². The van der Waals surface area contributed by atoms with Crippen molar-refractivity contribution < 1.29 is 14.3 Å². The maximum absolute atomic E-state index is 14.5. The summed E-state index contributed by atoms with van der Waals surface area (Å²) >= 11 is 0. The quantitative estimate of drug-likeness (QED) is 0.237. The van der Waals surface area contributed by atoms with Crippen molar-refractivity contribution in [3.63, 3.8) is 0 Å². The van der Waals surface area contributed by atoms with Gasteiger partial charge in [0.1, 0.15) is 18.2 Å². The third kappa shape index (κ3) is 4.78. The van der Waals surface area contributed by atoms with E-state index in [0.717, 1.165) is 82.0 Å². The highest BCUT2D eigenvalue weighted by atomic mass is 16.5. The number of ether oxygens (including phenoxy) is 2. The van der Waals surface area contributed by atoms with E-state index in [-0.39, 0.29) is 33.5 Å². The van der Waals surface area contributed by atoms with E-state index in [2.05, 4.69) is 78.5 Å². The molecule has 1 aliphatic heterocycles. The van der Waals surface area contributed by atoms with Gasteiger partial charge in [-0.15, -0.1) is 0 Å². The van der Waals surface area contributed by atoms with Crippen LogP contribution in [0.4, 0.5) is 5.82 Å². The van der Waals surface area contributed by atoms with E-state index in [4.69, 9.17) is 19.4 Å². The molecule has 0 bridgehead atoms. The predicted molar refractivity (Wildman–Crippen MR) is 199 cm³/mol. The third-order valence-electron chi connectivity index (χ3n) is 16.3. The molecule has 270 valence electrons. The number of allylic oxidation sites excluding steroid dienone is 2. The van der Waals surface area contributed by atoms with Crippen LogP contribution in [-0.4, -0.2) is 42.2 Å². The molecule has 9 atom stereocenters. The molecule has 5 aliphatic carbocycles. The number of esters is 1. The summed E-state index contributed by atoms with van der Waals surface area (Å²) < 4.78 is 12.1. The fourth-order valence-corrected chi connectivity index (χ4v) is 13.4. The first-order chi connectivity index (χ1) is 23.8. The van der Waals surface area contributed by atoms with Crippen LogP contribution in [0, 0.1) is 58.2 Å². The summed E-state index contributed by atoms with van der Waals surface area (Å²) in [5.74, 6) is 4.48. The zero-order chi connectivity index (χ0) is 35.3. The molecule has 0 unspecified atom stereocenters. The average Bonchev–Trinajstić information content (AvgIpc) is 3.10. The molecule has 0 amide bonds. The largest absolute Gasteiger partial charge is 0.460 e. The molecular weight excluding hydrogens is 619 g/mol. The summed E-state index contributed by atoms with van der Waals surface area (Å²) in [6, 6.07) is 10.2. The van der Waals surface area contributed by atoms with Gasteiger partial charge in [-0.3, -0.25) is 4.79 Å². The van der Waals surface area contributed by atoms with Crippen molar-refractivity contribution in [1.82, 2.24) is 9.97 Å². The van der Waals surface area contributed by atoms with Crippen LogP contribution in [0.3, 0.4) is 0 Å². The van der Waals surface area contributed by atoms with Gasteiger partial charge < -0.3 is 14.4 Å². The maximum Gasteiger partial charge on any atom is 0.313 e. The van der Waals surface area contributed by atoms with Crippen molar-refractivity contribution in [2.45, 2.75) is 119 Å². The summed E-state index contributed by atoms with van der Waals surface area (Å²) in [6.45, 7) is 23.5. The molecule has 6 heteroatoms. The Morgan fingerprint density at radius 2 is 1.68 bits per heavy atom. The third-order valence-corrected chi connectivity index (χ3v) is 16.3. The Morgan fingerprint density at radius 3 is 2.42 bits per heavy atom. The lowest BCUT2D eigenvalue weighted by Crippen LogP contribution is -2.65. The SMILES string of the molecule is Cc1nc(N2CCOCC2)c2c(n1)C(C)(C)[C@@H]1CC[C@]3(C)[C@H](CC=C4[C@@H]5[C@@H](C)[C@H](C)CC[C@]5(C(=O)OCc5ccccc5)CC[C@]43C)[C@@]1(C)C2. The van der Waals surface area contributed by atoms with Crippen LogP contribution in [0.5, 0.6) is 0 Å². The molecule has 1 aromatic carbocycles. The Labute approximate surface area is 301 Å². The molecule has 6 nitrogen and oxygen atoms in total. The molecule has 2 heterocycles. The molecular formula is C44H61N3O3. The van der Waals surface area contributed by atoms with Crippen molar-refractivity contribution in [2.75, 3.05) is 31.2 Å². The van der Waals surface area contributed by atoms with Crippen LogP contribution in [0.1, 0.15) is 116 Å². The second kappa shape index (κ2) is 11.9. The van der Waals surface area contributed by atoms with Gasteiger partial charge in [-0.25, -0.2) is 9.97 Å². The van der Waals surface area contributed by atoms with Crippen LogP contribution in [0.15, 0.2) is 42.0 Å². The second-order valence-electron chi connectivity index (χ2n) is 18.8. The lowest BCUT2D eigenvalue weighted by molar-refractivity contribution is -0.184. The van der Waals surface area contributed by atoms with E-state index in [1.165, 1.54) is 24.1 Å². The van der Waals surface area contributed by atoms with Crippen molar-refractivity contribution in [1.29, 1.82) is 0 Å². The zero-order valence-corrected chi connectivity index (χ0v) is 32.1. The van der Waals surface area contributed by atoms with Gasteiger partial charge in [0.15, 0.2) is 0 Å². The number of carbonyl (C=O) groups is 1. The summed E-state index contributed by atoms with van der Waals surface area (Å²) in [6.07, 6.45) is 11.3. The maximum atomic E-state index is 14.5. The highest BCUT2D eigenvalue weighted by Crippen LogP contribution is 2.75. The number of nitrogens with zero attached hydrogens (tertiary/aromatic N) is 3. The van der Waals surface area contributed by atoms with Gasteiger partial charge in [0.2, 0.25) is 0 Å². The van der Waals surface area contributed by atoms with Gasteiger partial charge >= 0.3 is 5.97 Å². The lowest BCUT2D eigenvalue weighted by atomic mass is 9.33. The first-order valence-electron chi connectivity index (χ1n) is 19.9. The van der Waals surface area contributed by atoms with Crippen LogP contribution < -0.4 is 4.90 Å². The topological polar surface area (TPSA) is 64.5 Å². The number of rotatable bonds is 4. The molecule has 4 fully saturated rings. The van der Waals surface area contributed by atoms with Gasteiger partial charge in [0.05, 0.1) is 24.3 Å². The monoisotopic (exact) mass is 679 g/mol. The Bertz CT molecular complexity index is 1680. The predicted octanol–water partition coefficient (Wildman–Crippen LogP) is 9.04. The van der Waals surface area contributed by atoms with Crippen molar-refractivity contribution in [3.8, 4) is 0 Å². The molecule has 2 aromatic rings. The van der Waals surface area contributed by atoms with E-state index >= 15 is 0 Å². The summed E-state index contributed by atoms with van der Waals surface area (Å²) in [5.41, 5.74) is 5.18. The normalized spacial score (nSPS) is 40.3. The average molecular weight is 680 g/mol. The number of aryl methyl sites for hydroxylation is 1. The number of hydrogen-bond acceptors (Lipinski definition) is 6. The van der Waals surface area contributed by atoms with Gasteiger partial charge in [-0.05, 0) is 110 Å². The first kappa shape index (κ1) is 34.4. The molecule has 0 radical (unpaired) electrons. The molecule has 50 heavy (non-hydrogen) atoms. The van der Waals surface area contributed by atoms with Gasteiger partial charge in [0, 0.05) is 24.1 Å². The summed E-state index contributed by atoms with van der Waals surface area (Å²) in [4.78, 5) is 27.3. The molecule has 1 aromatic heterocycles. The molecule has 8 rings (SSSR count). The minimum Gasteiger partial charge on any atom is -0.460 e. The number of anilines is 1. The number of carbonyl (C=O) groups excluding carboxylic acids is 1. The van der Waals surface area contributed by atoms with E-state index in [1.807, 2.05) is 18.2 Å². The van der Waals surface area contributed by atoms with E-state index in [9.17, 15) is 4.79 Å². The van der Waals surface area contributed by atoms with Crippen molar-refractivity contribution >= 4 is 11.8 Å². The molecule has 1 saturated heterocycles. The minimum absolute atomic E-state index is 0.0408. The van der Waals surface area contributed by atoms with Crippen molar-refractivity contribution in [2.24, 2.45) is 51.2 Å². The van der Waals surface area contributed by atoms with E-state index in [1.54, 1.807) is 5.57 Å². The fourth-order valence-electron chi connectivity index (χ4n) is 13.4. The van der Waals surface area contributed by atoms with Crippen LogP contribution in [-0.2, 0) is 32.7 Å². The molecule has 6 aliphatic rings. The van der Waals surface area contributed by atoms with E-state index < -0.39 is 5.41 Å². The van der Waals surface area contributed by atoms with Crippen LogP contribution >= 0.6 is 0 Å². The number of hydrogen-bond donors (Lipinski definition) is 0. The Morgan fingerprint density at radius 1 is 0.940 bits per heavy atom. The van der Waals surface area contributed by atoms with Crippen LogP contribution in [0.2, 0.25) is 0 Å². The Kier molecular flexibility index (Phi) is 8.18. The lowest BCUT2D eigenvalue weighted by Gasteiger charge is -2.71. The smallest absolute Gasteiger partial charge is 0.313 e.